The quantitative estimate of drug-likeness (QED) is 0.337. The van der Waals surface area contributed by atoms with Crippen molar-refractivity contribution in [2.75, 3.05) is 17.0 Å². The lowest BCUT2D eigenvalue weighted by molar-refractivity contribution is 0.971. The Morgan fingerprint density at radius 2 is 2.00 bits per heavy atom. The van der Waals surface area contributed by atoms with E-state index in [1.54, 1.807) is 6.07 Å². The molecule has 2 rings (SSSR count). The summed E-state index contributed by atoms with van der Waals surface area (Å²) in [5, 5.41) is 3.94. The summed E-state index contributed by atoms with van der Waals surface area (Å²) in [6.07, 6.45) is 2.93. The van der Waals surface area contributed by atoms with E-state index < -0.39 is 0 Å². The van der Waals surface area contributed by atoms with E-state index in [1.165, 1.54) is 17.3 Å². The van der Waals surface area contributed by atoms with E-state index >= 15 is 0 Å². The lowest BCUT2D eigenvalue weighted by atomic mass is 10.1. The maximum Gasteiger partial charge on any atom is 0.191 e. The number of nitrogen functional groups attached to an aromatic ring is 1. The summed E-state index contributed by atoms with van der Waals surface area (Å²) in [7, 11) is 0. The number of aromatic nitrogens is 2. The number of hydrazine groups is 1. The molecule has 0 saturated carbocycles. The van der Waals surface area contributed by atoms with Crippen LogP contribution >= 0.6 is 11.8 Å². The van der Waals surface area contributed by atoms with Crippen LogP contribution in [-0.4, -0.2) is 16.2 Å². The Morgan fingerprint density at radius 1 is 1.21 bits per heavy atom. The van der Waals surface area contributed by atoms with Gasteiger partial charge in [-0.05, 0) is 30.4 Å². The summed E-state index contributed by atoms with van der Waals surface area (Å²) < 4.78 is 0. The van der Waals surface area contributed by atoms with Gasteiger partial charge in [0, 0.05) is 11.8 Å². The highest BCUT2D eigenvalue weighted by Crippen LogP contribution is 2.21. The van der Waals surface area contributed by atoms with Crippen LogP contribution in [0, 0.1) is 0 Å². The molecule has 19 heavy (non-hydrogen) atoms. The van der Waals surface area contributed by atoms with Crippen molar-refractivity contribution in [3.8, 4) is 0 Å². The van der Waals surface area contributed by atoms with Crippen LogP contribution in [0.25, 0.3) is 0 Å². The summed E-state index contributed by atoms with van der Waals surface area (Å²) in [6, 6.07) is 10.0. The van der Waals surface area contributed by atoms with Gasteiger partial charge in [-0.1, -0.05) is 30.8 Å². The van der Waals surface area contributed by atoms with E-state index in [9.17, 15) is 0 Å². The van der Waals surface area contributed by atoms with Crippen molar-refractivity contribution in [1.82, 2.24) is 9.97 Å². The zero-order valence-corrected chi connectivity index (χ0v) is 11.8. The first-order chi connectivity index (χ1) is 9.25. The Labute approximate surface area is 117 Å². The third-order valence-corrected chi connectivity index (χ3v) is 3.19. The van der Waals surface area contributed by atoms with Gasteiger partial charge < -0.3 is 10.7 Å². The van der Waals surface area contributed by atoms with Gasteiger partial charge in [0.15, 0.2) is 5.16 Å². The van der Waals surface area contributed by atoms with Crippen LogP contribution in [-0.2, 0) is 6.42 Å². The normalized spacial score (nSPS) is 10.3. The lowest BCUT2D eigenvalue weighted by Crippen LogP contribution is -2.10. The van der Waals surface area contributed by atoms with Gasteiger partial charge in [-0.2, -0.15) is 0 Å². The molecule has 6 heteroatoms. The average Bonchev–Trinajstić information content (AvgIpc) is 2.47. The van der Waals surface area contributed by atoms with E-state index in [0.29, 0.717) is 11.0 Å². The zero-order chi connectivity index (χ0) is 13.7. The molecule has 0 radical (unpaired) electrons. The van der Waals surface area contributed by atoms with Crippen LogP contribution in [0.5, 0.6) is 0 Å². The number of aryl methyl sites for hydroxylation is 1. The Kier molecular flexibility index (Phi) is 4.59. The first kappa shape index (κ1) is 13.6. The molecule has 4 N–H and O–H groups in total. The summed E-state index contributed by atoms with van der Waals surface area (Å²) in [6.45, 7) is 2.13. The number of hydrogen-bond donors (Lipinski definition) is 3. The van der Waals surface area contributed by atoms with Crippen LogP contribution in [0.3, 0.4) is 0 Å². The van der Waals surface area contributed by atoms with Gasteiger partial charge in [0.2, 0.25) is 0 Å². The summed E-state index contributed by atoms with van der Waals surface area (Å²) >= 11 is 1.47. The molecular weight excluding hydrogens is 258 g/mol. The van der Waals surface area contributed by atoms with Crippen LogP contribution in [0.1, 0.15) is 12.5 Å². The Hall–Kier alpha value is -1.79. The molecule has 1 heterocycles. The first-order valence-electron chi connectivity index (χ1n) is 6.00. The lowest BCUT2D eigenvalue weighted by Gasteiger charge is -2.09. The SMILES string of the molecule is CCc1cccc(Nc2cc(NN)nc(SC)n2)c1. The molecule has 2 aromatic rings. The molecule has 0 amide bonds. The molecule has 0 aliphatic rings. The van der Waals surface area contributed by atoms with Gasteiger partial charge in [-0.3, -0.25) is 0 Å². The van der Waals surface area contributed by atoms with Crippen molar-refractivity contribution in [2.45, 2.75) is 18.5 Å². The van der Waals surface area contributed by atoms with Crippen LogP contribution in [0.4, 0.5) is 17.3 Å². The summed E-state index contributed by atoms with van der Waals surface area (Å²) in [5.74, 6) is 6.72. The Balaban J connectivity index is 2.26. The maximum atomic E-state index is 5.40. The van der Waals surface area contributed by atoms with E-state index in [-0.39, 0.29) is 0 Å². The van der Waals surface area contributed by atoms with Crippen LogP contribution in [0.15, 0.2) is 35.5 Å². The minimum absolute atomic E-state index is 0.591. The molecule has 0 atom stereocenters. The minimum atomic E-state index is 0.591. The van der Waals surface area contributed by atoms with Gasteiger partial charge in [0.05, 0.1) is 0 Å². The molecule has 1 aromatic heterocycles. The smallest absolute Gasteiger partial charge is 0.191 e. The fourth-order valence-corrected chi connectivity index (χ4v) is 2.05. The van der Waals surface area contributed by atoms with Crippen molar-refractivity contribution in [2.24, 2.45) is 5.84 Å². The van der Waals surface area contributed by atoms with Gasteiger partial charge in [0.25, 0.3) is 0 Å². The van der Waals surface area contributed by atoms with Gasteiger partial charge in [-0.15, -0.1) is 0 Å². The largest absolute Gasteiger partial charge is 0.340 e. The number of nitrogens with one attached hydrogen (secondary N) is 2. The second-order valence-corrected chi connectivity index (χ2v) is 4.72. The van der Waals surface area contributed by atoms with Gasteiger partial charge >= 0.3 is 0 Å². The monoisotopic (exact) mass is 275 g/mol. The predicted molar refractivity (Wildman–Crippen MR) is 80.7 cm³/mol. The number of hydrogen-bond acceptors (Lipinski definition) is 6. The van der Waals surface area contributed by atoms with Crippen LogP contribution < -0.4 is 16.6 Å². The third-order valence-electron chi connectivity index (χ3n) is 2.64. The molecule has 0 unspecified atom stereocenters. The second kappa shape index (κ2) is 6.40. The van der Waals surface area contributed by atoms with Crippen molar-refractivity contribution in [3.05, 3.63) is 35.9 Å². The molecule has 1 aromatic carbocycles. The van der Waals surface area contributed by atoms with Gasteiger partial charge in [-0.25, -0.2) is 15.8 Å². The van der Waals surface area contributed by atoms with E-state index in [1.807, 2.05) is 18.4 Å². The summed E-state index contributed by atoms with van der Waals surface area (Å²) in [4.78, 5) is 8.62. The highest BCUT2D eigenvalue weighted by Gasteiger charge is 2.04. The standard InChI is InChI=1S/C13H17N5S/c1-3-9-5-4-6-10(7-9)15-11-8-12(18-14)17-13(16-11)19-2/h4-8H,3,14H2,1-2H3,(H2,15,16,17,18). The van der Waals surface area contributed by atoms with Crippen LogP contribution in [0.2, 0.25) is 0 Å². The van der Waals surface area contributed by atoms with E-state index in [4.69, 9.17) is 5.84 Å². The van der Waals surface area contributed by atoms with Crippen molar-refractivity contribution in [3.63, 3.8) is 0 Å². The molecule has 0 saturated heterocycles. The summed E-state index contributed by atoms with van der Waals surface area (Å²) in [5.41, 5.74) is 4.83. The Morgan fingerprint density at radius 3 is 2.68 bits per heavy atom. The van der Waals surface area contributed by atoms with Crippen molar-refractivity contribution >= 4 is 29.1 Å². The number of rotatable bonds is 5. The number of nitrogens with two attached hydrogens (primary N) is 1. The highest BCUT2D eigenvalue weighted by atomic mass is 32.2. The molecule has 5 nitrogen and oxygen atoms in total. The topological polar surface area (TPSA) is 75.9 Å². The molecule has 100 valence electrons. The number of nitrogens with zero attached hydrogens (tertiary/aromatic N) is 2. The average molecular weight is 275 g/mol. The fraction of sp³-hybridized carbons (Fsp3) is 0.231. The van der Waals surface area contributed by atoms with Gasteiger partial charge in [0.1, 0.15) is 11.6 Å². The number of thioether (sulfide) groups is 1. The van der Waals surface area contributed by atoms with E-state index in [0.717, 1.165) is 17.9 Å². The fourth-order valence-electron chi connectivity index (χ4n) is 1.67. The zero-order valence-electron chi connectivity index (χ0n) is 11.0. The highest BCUT2D eigenvalue weighted by molar-refractivity contribution is 7.98. The first-order valence-corrected chi connectivity index (χ1v) is 7.23. The van der Waals surface area contributed by atoms with E-state index in [2.05, 4.69) is 39.8 Å². The molecule has 0 aliphatic carbocycles. The molecular formula is C13H17N5S. The second-order valence-electron chi connectivity index (χ2n) is 3.95. The maximum absolute atomic E-state index is 5.40. The molecule has 0 bridgehead atoms. The molecule has 0 spiro atoms. The third kappa shape index (κ3) is 3.59. The number of anilines is 3. The van der Waals surface area contributed by atoms with Crippen molar-refractivity contribution in [1.29, 1.82) is 0 Å². The Bertz CT molecular complexity index is 536. The number of benzene rings is 1. The molecule has 0 fully saturated rings. The molecule has 0 aliphatic heterocycles. The predicted octanol–water partition coefficient (Wildman–Crippen LogP) is 2.79. The van der Waals surface area contributed by atoms with Crippen molar-refractivity contribution < 1.29 is 0 Å². The minimum Gasteiger partial charge on any atom is -0.340 e.